The number of piperidine rings is 1. The first-order valence-corrected chi connectivity index (χ1v) is 9.34. The van der Waals surface area contributed by atoms with Gasteiger partial charge in [-0.05, 0) is 43.4 Å². The van der Waals surface area contributed by atoms with Gasteiger partial charge in [-0.3, -0.25) is 9.69 Å². The molecule has 1 saturated heterocycles. The molecule has 2 N–H and O–H groups in total. The minimum absolute atomic E-state index is 0. The maximum absolute atomic E-state index is 14.3. The fourth-order valence-corrected chi connectivity index (χ4v) is 5.19. The number of amides is 1. The van der Waals surface area contributed by atoms with E-state index < -0.39 is 17.2 Å². The smallest absolute Gasteiger partial charge is 0.248 e. The van der Waals surface area contributed by atoms with E-state index in [1.807, 2.05) is 12.1 Å². The first kappa shape index (κ1) is 19.6. The summed E-state index contributed by atoms with van der Waals surface area (Å²) in [4.78, 5) is 13.9. The number of halogens is 2. The molecule has 1 aromatic rings. The third-order valence-electron chi connectivity index (χ3n) is 6.51. The van der Waals surface area contributed by atoms with Gasteiger partial charge in [-0.1, -0.05) is 18.6 Å². The number of primary amides is 1. The monoisotopic (exact) mass is 382 g/mol. The number of rotatable bonds is 5. The summed E-state index contributed by atoms with van der Waals surface area (Å²) in [6, 6.07) is 7.58. The fraction of sp³-hybridized carbons (Fsp3) is 0.650. The van der Waals surface area contributed by atoms with Gasteiger partial charge in [0.1, 0.15) is 11.3 Å². The standard InChI is InChI=1S/C20H27FN2O2.ClH/c1-25-20(15-5-2-4-14(10-15)18(22)24)16-6-3-7-17(20)12-23(11-16)13-19(21)8-9-19;/h2,4-5,10,16-17H,3,6-9,11-13H2,1H3,(H2,22,24);1H/t16-,17+,20?;. The zero-order valence-electron chi connectivity index (χ0n) is 15.2. The second-order valence-corrected chi connectivity index (χ2v) is 8.11. The van der Waals surface area contributed by atoms with Crippen molar-refractivity contribution in [1.82, 2.24) is 4.90 Å². The van der Waals surface area contributed by atoms with Crippen LogP contribution in [0.15, 0.2) is 24.3 Å². The number of fused-ring (bicyclic) bond motifs is 2. The minimum Gasteiger partial charge on any atom is -0.373 e. The molecule has 1 unspecified atom stereocenters. The lowest BCUT2D eigenvalue weighted by Gasteiger charge is -2.55. The number of carbonyl (C=O) groups excluding carboxylic acids is 1. The summed E-state index contributed by atoms with van der Waals surface area (Å²) in [6.07, 6.45) is 4.73. The Morgan fingerprint density at radius 1 is 1.31 bits per heavy atom. The van der Waals surface area contributed by atoms with Crippen molar-refractivity contribution in [3.63, 3.8) is 0 Å². The molecule has 0 radical (unpaired) electrons. The molecular formula is C20H28ClFN2O2. The van der Waals surface area contributed by atoms with Gasteiger partial charge in [0.05, 0.1) is 0 Å². The van der Waals surface area contributed by atoms with Crippen LogP contribution in [0, 0.1) is 11.8 Å². The molecule has 3 aliphatic rings. The van der Waals surface area contributed by atoms with Crippen molar-refractivity contribution < 1.29 is 13.9 Å². The van der Waals surface area contributed by atoms with E-state index in [9.17, 15) is 9.18 Å². The number of alkyl halides is 1. The lowest BCUT2D eigenvalue weighted by atomic mass is 9.62. The Balaban J connectivity index is 0.00000196. The zero-order chi connectivity index (χ0) is 17.7. The van der Waals surface area contributed by atoms with Crippen molar-refractivity contribution in [3.8, 4) is 0 Å². The third kappa shape index (κ3) is 3.25. The van der Waals surface area contributed by atoms with Gasteiger partial charge in [0.2, 0.25) is 5.91 Å². The summed E-state index contributed by atoms with van der Waals surface area (Å²) in [5, 5.41) is 0. The van der Waals surface area contributed by atoms with Crippen LogP contribution in [0.3, 0.4) is 0 Å². The Hall–Kier alpha value is -1.17. The lowest BCUT2D eigenvalue weighted by molar-refractivity contribution is -0.171. The SMILES string of the molecule is COC1(c2cccc(C(N)=O)c2)[C@@H]2CCC[C@H]1CN(CC1(F)CC1)C2.Cl. The van der Waals surface area contributed by atoms with Gasteiger partial charge in [-0.25, -0.2) is 4.39 Å². The van der Waals surface area contributed by atoms with Crippen LogP contribution in [-0.2, 0) is 10.3 Å². The van der Waals surface area contributed by atoms with Crippen LogP contribution in [0.5, 0.6) is 0 Å². The van der Waals surface area contributed by atoms with E-state index in [4.69, 9.17) is 10.5 Å². The third-order valence-corrected chi connectivity index (χ3v) is 6.51. The van der Waals surface area contributed by atoms with Crippen molar-refractivity contribution in [2.24, 2.45) is 17.6 Å². The minimum atomic E-state index is -0.951. The Bertz CT molecular complexity index is 666. The van der Waals surface area contributed by atoms with Crippen molar-refractivity contribution in [1.29, 1.82) is 0 Å². The molecule has 1 amide bonds. The van der Waals surface area contributed by atoms with E-state index in [0.717, 1.165) is 31.5 Å². The van der Waals surface area contributed by atoms with Crippen LogP contribution < -0.4 is 5.73 Å². The molecule has 3 atom stereocenters. The van der Waals surface area contributed by atoms with E-state index in [0.29, 0.717) is 36.8 Å². The highest BCUT2D eigenvalue weighted by Crippen LogP contribution is 2.52. The number of carbonyl (C=O) groups is 1. The van der Waals surface area contributed by atoms with Gasteiger partial charge >= 0.3 is 0 Å². The molecule has 144 valence electrons. The molecule has 2 aliphatic carbocycles. The highest BCUT2D eigenvalue weighted by Gasteiger charge is 2.55. The molecule has 0 aromatic heterocycles. The summed E-state index contributed by atoms with van der Waals surface area (Å²) in [6.45, 7) is 2.27. The van der Waals surface area contributed by atoms with Crippen LogP contribution in [-0.4, -0.2) is 43.2 Å². The normalized spacial score (nSPS) is 32.5. The van der Waals surface area contributed by atoms with E-state index in [1.54, 1.807) is 13.2 Å². The number of nitrogens with zero attached hydrogens (tertiary/aromatic N) is 1. The molecule has 4 nitrogen and oxygen atoms in total. The van der Waals surface area contributed by atoms with Crippen LogP contribution in [0.2, 0.25) is 0 Å². The molecule has 3 fully saturated rings. The maximum Gasteiger partial charge on any atom is 0.248 e. The predicted octanol–water partition coefficient (Wildman–Crippen LogP) is 3.28. The highest BCUT2D eigenvalue weighted by atomic mass is 35.5. The molecule has 4 rings (SSSR count). The molecule has 2 bridgehead atoms. The number of ether oxygens (including phenoxy) is 1. The summed E-state index contributed by atoms with van der Waals surface area (Å²) in [5.74, 6) is 0.217. The molecule has 6 heteroatoms. The summed E-state index contributed by atoms with van der Waals surface area (Å²) >= 11 is 0. The highest BCUT2D eigenvalue weighted by molar-refractivity contribution is 5.92. The van der Waals surface area contributed by atoms with Crippen molar-refractivity contribution in [2.75, 3.05) is 26.7 Å². The van der Waals surface area contributed by atoms with E-state index in [2.05, 4.69) is 11.0 Å². The lowest BCUT2D eigenvalue weighted by Crippen LogP contribution is -2.59. The van der Waals surface area contributed by atoms with Gasteiger partial charge < -0.3 is 10.5 Å². The molecule has 0 spiro atoms. The van der Waals surface area contributed by atoms with Crippen LogP contribution in [0.1, 0.15) is 48.0 Å². The number of likely N-dealkylation sites (tertiary alicyclic amines) is 1. The molecule has 26 heavy (non-hydrogen) atoms. The van der Waals surface area contributed by atoms with Crippen molar-refractivity contribution >= 4 is 18.3 Å². The number of hydrogen-bond acceptors (Lipinski definition) is 3. The van der Waals surface area contributed by atoms with Gasteiger partial charge in [0.15, 0.2) is 0 Å². The number of hydrogen-bond donors (Lipinski definition) is 1. The fourth-order valence-electron chi connectivity index (χ4n) is 5.19. The van der Waals surface area contributed by atoms with E-state index in [1.165, 1.54) is 6.42 Å². The zero-order valence-corrected chi connectivity index (χ0v) is 16.1. The average Bonchev–Trinajstić information content (AvgIpc) is 3.31. The quantitative estimate of drug-likeness (QED) is 0.850. The summed E-state index contributed by atoms with van der Waals surface area (Å²) in [5.41, 5.74) is 5.70. The molecule has 1 aliphatic heterocycles. The number of methoxy groups -OCH3 is 1. The topological polar surface area (TPSA) is 55.6 Å². The van der Waals surface area contributed by atoms with E-state index >= 15 is 0 Å². The molecule has 2 saturated carbocycles. The van der Waals surface area contributed by atoms with Crippen molar-refractivity contribution in [2.45, 2.75) is 43.4 Å². The second-order valence-electron chi connectivity index (χ2n) is 8.11. The number of nitrogens with two attached hydrogens (primary N) is 1. The Morgan fingerprint density at radius 3 is 2.50 bits per heavy atom. The first-order valence-electron chi connectivity index (χ1n) is 9.34. The summed E-state index contributed by atoms with van der Waals surface area (Å²) in [7, 11) is 1.77. The average molecular weight is 383 g/mol. The number of benzene rings is 1. The predicted molar refractivity (Wildman–Crippen MR) is 101 cm³/mol. The maximum atomic E-state index is 14.3. The van der Waals surface area contributed by atoms with Gasteiger partial charge in [-0.15, -0.1) is 12.4 Å². The van der Waals surface area contributed by atoms with Crippen LogP contribution >= 0.6 is 12.4 Å². The van der Waals surface area contributed by atoms with Gasteiger partial charge in [-0.2, -0.15) is 0 Å². The second kappa shape index (κ2) is 7.10. The van der Waals surface area contributed by atoms with Gasteiger partial charge in [0.25, 0.3) is 0 Å². The first-order chi connectivity index (χ1) is 12.0. The van der Waals surface area contributed by atoms with Crippen molar-refractivity contribution in [3.05, 3.63) is 35.4 Å². The largest absolute Gasteiger partial charge is 0.373 e. The molecule has 1 heterocycles. The Labute approximate surface area is 160 Å². The molecular weight excluding hydrogens is 355 g/mol. The van der Waals surface area contributed by atoms with Crippen LogP contribution in [0.4, 0.5) is 4.39 Å². The molecule has 1 aromatic carbocycles. The van der Waals surface area contributed by atoms with E-state index in [-0.39, 0.29) is 12.4 Å². The van der Waals surface area contributed by atoms with Crippen LogP contribution in [0.25, 0.3) is 0 Å². The Kier molecular flexibility index (Phi) is 5.35. The summed E-state index contributed by atoms with van der Waals surface area (Å²) < 4.78 is 20.5. The Morgan fingerprint density at radius 2 is 1.96 bits per heavy atom. The van der Waals surface area contributed by atoms with Gasteiger partial charge in [0, 0.05) is 44.1 Å².